The van der Waals surface area contributed by atoms with Gasteiger partial charge in [-0.25, -0.2) is 4.98 Å². The lowest BCUT2D eigenvalue weighted by Gasteiger charge is -2.15. The van der Waals surface area contributed by atoms with Gasteiger partial charge in [0.25, 0.3) is 0 Å². The van der Waals surface area contributed by atoms with Gasteiger partial charge in [-0.3, -0.25) is 9.89 Å². The molecule has 0 aliphatic heterocycles. The van der Waals surface area contributed by atoms with E-state index in [2.05, 4.69) is 20.5 Å². The van der Waals surface area contributed by atoms with Gasteiger partial charge in [0.2, 0.25) is 5.91 Å². The summed E-state index contributed by atoms with van der Waals surface area (Å²) in [4.78, 5) is 16.9. The van der Waals surface area contributed by atoms with Crippen LogP contribution in [0.2, 0.25) is 0 Å². The molecular formula is C18H19N5O. The summed E-state index contributed by atoms with van der Waals surface area (Å²) in [6.45, 7) is 2.09. The van der Waals surface area contributed by atoms with Crippen molar-refractivity contribution in [3.8, 4) is 11.4 Å². The summed E-state index contributed by atoms with van der Waals surface area (Å²) >= 11 is 0. The minimum absolute atomic E-state index is 0.132. The first kappa shape index (κ1) is 15.9. The monoisotopic (exact) mass is 321 g/mol. The highest BCUT2D eigenvalue weighted by atomic mass is 16.1. The molecule has 0 fully saturated rings. The topological polar surface area (TPSA) is 96.7 Å². The number of aryl methyl sites for hydroxylation is 1. The first-order chi connectivity index (χ1) is 11.7. The molecular weight excluding hydrogens is 302 g/mol. The number of hydrogen-bond acceptors (Lipinski definition) is 4. The highest BCUT2D eigenvalue weighted by Crippen LogP contribution is 2.21. The van der Waals surface area contributed by atoms with E-state index in [0.29, 0.717) is 11.5 Å². The summed E-state index contributed by atoms with van der Waals surface area (Å²) in [6, 6.07) is 17.0. The molecule has 0 spiro atoms. The first-order valence-electron chi connectivity index (χ1n) is 7.72. The Balaban J connectivity index is 1.79. The molecule has 4 N–H and O–H groups in total. The van der Waals surface area contributed by atoms with Crippen molar-refractivity contribution < 1.29 is 4.79 Å². The fourth-order valence-electron chi connectivity index (χ4n) is 2.52. The zero-order valence-corrected chi connectivity index (χ0v) is 13.4. The summed E-state index contributed by atoms with van der Waals surface area (Å²) in [5.41, 5.74) is 8.22. The Labute approximate surface area is 140 Å². The first-order valence-corrected chi connectivity index (χ1v) is 7.72. The second-order valence-corrected chi connectivity index (χ2v) is 5.51. The number of nitrogens with two attached hydrogens (primary N) is 1. The van der Waals surface area contributed by atoms with Gasteiger partial charge in [-0.1, -0.05) is 42.5 Å². The number of anilines is 1. The average molecular weight is 321 g/mol. The predicted molar refractivity (Wildman–Crippen MR) is 93.4 cm³/mol. The third-order valence-electron chi connectivity index (χ3n) is 3.74. The van der Waals surface area contributed by atoms with Crippen molar-refractivity contribution in [2.24, 2.45) is 5.73 Å². The molecule has 1 aromatic heterocycles. The summed E-state index contributed by atoms with van der Waals surface area (Å²) in [6.07, 6.45) is 0. The minimum Gasteiger partial charge on any atom is -0.329 e. The van der Waals surface area contributed by atoms with Gasteiger partial charge in [0.1, 0.15) is 5.82 Å². The van der Waals surface area contributed by atoms with E-state index in [0.717, 1.165) is 17.0 Å². The molecule has 1 amide bonds. The van der Waals surface area contributed by atoms with Gasteiger partial charge < -0.3 is 11.1 Å². The van der Waals surface area contributed by atoms with Crippen molar-refractivity contribution in [3.05, 3.63) is 66.0 Å². The summed E-state index contributed by atoms with van der Waals surface area (Å²) in [5, 5.41) is 9.87. The van der Waals surface area contributed by atoms with Crippen LogP contribution in [0.4, 0.5) is 5.69 Å². The molecule has 0 aliphatic rings. The Hall–Kier alpha value is -2.99. The second kappa shape index (κ2) is 7.06. The lowest BCUT2D eigenvalue weighted by Crippen LogP contribution is -2.27. The van der Waals surface area contributed by atoms with Crippen LogP contribution >= 0.6 is 0 Å². The van der Waals surface area contributed by atoms with Gasteiger partial charge >= 0.3 is 0 Å². The number of hydrogen-bond donors (Lipinski definition) is 3. The molecule has 0 saturated carbocycles. The molecule has 1 atom stereocenters. The van der Waals surface area contributed by atoms with E-state index < -0.39 is 0 Å². The van der Waals surface area contributed by atoms with E-state index in [9.17, 15) is 4.79 Å². The highest BCUT2D eigenvalue weighted by Gasteiger charge is 2.19. The van der Waals surface area contributed by atoms with Crippen LogP contribution in [-0.2, 0) is 4.79 Å². The quantitative estimate of drug-likeness (QED) is 0.672. The number of nitrogens with zero attached hydrogens (tertiary/aromatic N) is 2. The van der Waals surface area contributed by atoms with Crippen LogP contribution < -0.4 is 11.1 Å². The average Bonchev–Trinajstić information content (AvgIpc) is 3.03. The Morgan fingerprint density at radius 1 is 1.21 bits per heavy atom. The van der Waals surface area contributed by atoms with Crippen LogP contribution in [0.3, 0.4) is 0 Å². The fourth-order valence-corrected chi connectivity index (χ4v) is 2.52. The van der Waals surface area contributed by atoms with Gasteiger partial charge in [-0.2, -0.15) is 5.10 Å². The minimum atomic E-state index is -0.388. The van der Waals surface area contributed by atoms with Gasteiger partial charge in [0, 0.05) is 17.8 Å². The Morgan fingerprint density at radius 3 is 2.67 bits per heavy atom. The van der Waals surface area contributed by atoms with E-state index in [-0.39, 0.29) is 18.4 Å². The third kappa shape index (κ3) is 3.49. The molecule has 0 radical (unpaired) electrons. The van der Waals surface area contributed by atoms with Crippen molar-refractivity contribution >= 4 is 11.6 Å². The van der Waals surface area contributed by atoms with E-state index in [4.69, 9.17) is 5.73 Å². The zero-order valence-electron chi connectivity index (χ0n) is 13.4. The molecule has 1 heterocycles. The number of aromatic amines is 1. The van der Waals surface area contributed by atoms with Crippen molar-refractivity contribution in [2.75, 3.05) is 11.9 Å². The summed E-state index contributed by atoms with van der Waals surface area (Å²) < 4.78 is 0. The molecule has 0 bridgehead atoms. The molecule has 3 aromatic rings. The lowest BCUT2D eigenvalue weighted by molar-refractivity contribution is -0.117. The van der Waals surface area contributed by atoms with Crippen LogP contribution in [0.25, 0.3) is 11.4 Å². The molecule has 122 valence electrons. The Bertz CT molecular complexity index is 828. The number of nitrogens with one attached hydrogen (secondary N) is 2. The van der Waals surface area contributed by atoms with Crippen LogP contribution in [0.5, 0.6) is 0 Å². The SMILES string of the molecule is Cc1nc(-c2cccc(NC(=O)[C@H](CN)c3ccccc3)c2)n[nH]1. The predicted octanol–water partition coefficient (Wildman–Crippen LogP) is 2.46. The molecule has 6 heteroatoms. The summed E-state index contributed by atoms with van der Waals surface area (Å²) in [5.74, 6) is 0.821. The van der Waals surface area contributed by atoms with Crippen LogP contribution in [0, 0.1) is 6.92 Å². The number of benzene rings is 2. The highest BCUT2D eigenvalue weighted by molar-refractivity contribution is 5.96. The second-order valence-electron chi connectivity index (χ2n) is 5.51. The standard InChI is InChI=1S/C18H19N5O/c1-12-20-17(23-22-12)14-8-5-9-15(10-14)21-18(24)16(11-19)13-6-3-2-4-7-13/h2-10,16H,11,19H2,1H3,(H,21,24)(H,20,22,23)/t16-/m1/s1. The maximum absolute atomic E-state index is 12.6. The fraction of sp³-hybridized carbons (Fsp3) is 0.167. The molecule has 6 nitrogen and oxygen atoms in total. The van der Waals surface area contributed by atoms with E-state index in [1.54, 1.807) is 0 Å². The lowest BCUT2D eigenvalue weighted by atomic mass is 9.98. The number of rotatable bonds is 5. The molecule has 3 rings (SSSR count). The summed E-state index contributed by atoms with van der Waals surface area (Å²) in [7, 11) is 0. The van der Waals surface area contributed by atoms with Crippen LogP contribution in [0.15, 0.2) is 54.6 Å². The number of H-pyrrole nitrogens is 1. The van der Waals surface area contributed by atoms with Crippen LogP contribution in [-0.4, -0.2) is 27.6 Å². The molecule has 0 unspecified atom stereocenters. The number of aromatic nitrogens is 3. The molecule has 0 saturated heterocycles. The van der Waals surface area contributed by atoms with Crippen molar-refractivity contribution in [3.63, 3.8) is 0 Å². The number of carbonyl (C=O) groups is 1. The van der Waals surface area contributed by atoms with Crippen molar-refractivity contribution in [2.45, 2.75) is 12.8 Å². The normalized spacial score (nSPS) is 11.9. The van der Waals surface area contributed by atoms with E-state index in [1.807, 2.05) is 61.5 Å². The van der Waals surface area contributed by atoms with Crippen molar-refractivity contribution in [1.29, 1.82) is 0 Å². The van der Waals surface area contributed by atoms with Gasteiger partial charge in [0.15, 0.2) is 5.82 Å². The smallest absolute Gasteiger partial charge is 0.233 e. The Kier molecular flexibility index (Phi) is 4.67. The van der Waals surface area contributed by atoms with Crippen molar-refractivity contribution in [1.82, 2.24) is 15.2 Å². The largest absolute Gasteiger partial charge is 0.329 e. The van der Waals surface area contributed by atoms with Crippen LogP contribution in [0.1, 0.15) is 17.3 Å². The molecule has 0 aliphatic carbocycles. The Morgan fingerprint density at radius 2 is 2.00 bits per heavy atom. The molecule has 2 aromatic carbocycles. The van der Waals surface area contributed by atoms with Gasteiger partial charge in [-0.05, 0) is 24.6 Å². The maximum atomic E-state index is 12.6. The maximum Gasteiger partial charge on any atom is 0.233 e. The number of carbonyl (C=O) groups excluding carboxylic acids is 1. The number of amides is 1. The zero-order chi connectivity index (χ0) is 16.9. The van der Waals surface area contributed by atoms with E-state index in [1.165, 1.54) is 0 Å². The van der Waals surface area contributed by atoms with Gasteiger partial charge in [-0.15, -0.1) is 0 Å². The third-order valence-corrected chi connectivity index (χ3v) is 3.74. The van der Waals surface area contributed by atoms with Gasteiger partial charge in [0.05, 0.1) is 5.92 Å². The van der Waals surface area contributed by atoms with E-state index >= 15 is 0 Å². The molecule has 24 heavy (non-hydrogen) atoms.